The number of aliphatic hydroxyl groups is 1. The first-order valence-electron chi connectivity index (χ1n) is 7.38. The molecule has 2 N–H and O–H groups in total. The number of amides is 1. The molecule has 0 unspecified atom stereocenters. The molecule has 0 fully saturated rings. The van der Waals surface area contributed by atoms with Crippen LogP contribution in [0.25, 0.3) is 0 Å². The highest BCUT2D eigenvalue weighted by Gasteiger charge is 2.24. The van der Waals surface area contributed by atoms with Gasteiger partial charge in [0.15, 0.2) is 0 Å². The first kappa shape index (κ1) is 17.6. The zero-order chi connectivity index (χ0) is 17.7. The van der Waals surface area contributed by atoms with Crippen LogP contribution in [-0.4, -0.2) is 32.6 Å². The summed E-state index contributed by atoms with van der Waals surface area (Å²) in [5.74, 6) is 4.74. The minimum atomic E-state index is -1.04. The zero-order valence-corrected chi connectivity index (χ0v) is 13.7. The average molecular weight is 327 g/mol. The maximum Gasteiger partial charge on any atom is 0.271 e. The van der Waals surface area contributed by atoms with Crippen LogP contribution in [0.3, 0.4) is 0 Å². The highest BCUT2D eigenvalue weighted by Crippen LogP contribution is 2.08. The Morgan fingerprint density at radius 3 is 2.62 bits per heavy atom. The van der Waals surface area contributed by atoms with Crippen molar-refractivity contribution in [3.8, 4) is 11.8 Å². The molecule has 0 aliphatic heterocycles. The number of nitrogens with one attached hydrogen (secondary N) is 1. The van der Waals surface area contributed by atoms with Gasteiger partial charge >= 0.3 is 0 Å². The van der Waals surface area contributed by atoms with Crippen LogP contribution in [0.2, 0.25) is 0 Å². The van der Waals surface area contributed by atoms with Crippen molar-refractivity contribution in [1.82, 2.24) is 15.3 Å². The van der Waals surface area contributed by atoms with Gasteiger partial charge < -0.3 is 10.4 Å². The quantitative estimate of drug-likeness (QED) is 0.845. The van der Waals surface area contributed by atoms with Crippen molar-refractivity contribution < 1.29 is 14.3 Å². The molecule has 5 nitrogen and oxygen atoms in total. The summed E-state index contributed by atoms with van der Waals surface area (Å²) in [6.07, 6.45) is 2.68. The summed E-state index contributed by atoms with van der Waals surface area (Å²) in [4.78, 5) is 20.1. The number of nitrogens with zero attached hydrogens (tertiary/aromatic N) is 2. The molecule has 1 heterocycles. The maximum atomic E-state index is 13.1. The van der Waals surface area contributed by atoms with Gasteiger partial charge in [-0.3, -0.25) is 4.79 Å². The van der Waals surface area contributed by atoms with Gasteiger partial charge in [-0.15, -0.1) is 0 Å². The third-order valence-corrected chi connectivity index (χ3v) is 3.45. The van der Waals surface area contributed by atoms with E-state index < -0.39 is 17.6 Å². The summed E-state index contributed by atoms with van der Waals surface area (Å²) in [6, 6.07) is 5.47. The van der Waals surface area contributed by atoms with E-state index in [9.17, 15) is 14.3 Å². The second kappa shape index (κ2) is 7.20. The van der Waals surface area contributed by atoms with Gasteiger partial charge in [-0.1, -0.05) is 12.0 Å². The van der Waals surface area contributed by atoms with Gasteiger partial charge in [0.1, 0.15) is 17.2 Å². The van der Waals surface area contributed by atoms with E-state index in [1.807, 2.05) is 0 Å². The van der Waals surface area contributed by atoms with Crippen LogP contribution in [-0.2, 0) is 0 Å². The predicted molar refractivity (Wildman–Crippen MR) is 87.6 cm³/mol. The monoisotopic (exact) mass is 327 g/mol. The van der Waals surface area contributed by atoms with E-state index in [2.05, 4.69) is 27.1 Å². The number of benzene rings is 1. The van der Waals surface area contributed by atoms with Crippen molar-refractivity contribution >= 4 is 5.91 Å². The van der Waals surface area contributed by atoms with Gasteiger partial charge in [-0.2, -0.15) is 0 Å². The van der Waals surface area contributed by atoms with Crippen LogP contribution < -0.4 is 5.32 Å². The molecule has 0 aliphatic rings. The van der Waals surface area contributed by atoms with Crippen LogP contribution in [0.15, 0.2) is 36.7 Å². The van der Waals surface area contributed by atoms with E-state index in [1.165, 1.54) is 24.5 Å². The van der Waals surface area contributed by atoms with Gasteiger partial charge in [0.25, 0.3) is 5.91 Å². The van der Waals surface area contributed by atoms with Crippen molar-refractivity contribution in [2.75, 3.05) is 0 Å². The molecule has 124 valence electrons. The van der Waals surface area contributed by atoms with Crippen molar-refractivity contribution in [3.05, 3.63) is 59.4 Å². The molecule has 2 aromatic rings. The Balaban J connectivity index is 2.07. The third kappa shape index (κ3) is 4.86. The molecule has 0 saturated heterocycles. The van der Waals surface area contributed by atoms with E-state index in [4.69, 9.17) is 0 Å². The number of halogens is 1. The second-order valence-corrected chi connectivity index (χ2v) is 5.90. The summed E-state index contributed by atoms with van der Waals surface area (Å²) >= 11 is 0. The lowest BCUT2D eigenvalue weighted by Gasteiger charge is -2.26. The summed E-state index contributed by atoms with van der Waals surface area (Å²) in [7, 11) is 0. The minimum Gasteiger partial charge on any atom is -0.388 e. The normalized spacial score (nSPS) is 12.0. The standard InChI is InChI=1S/C18H18FN3O2/c1-12(18(2,3)24)22-17(23)16-11-20-15(10-21-16)8-7-13-5-4-6-14(19)9-13/h4-6,9-12,24H,1-3H3,(H,22,23)/t12-/m1/s1. The number of aromatic nitrogens is 2. The van der Waals surface area contributed by atoms with Crippen LogP contribution in [0.4, 0.5) is 4.39 Å². The fourth-order valence-electron chi connectivity index (χ4n) is 1.66. The molecule has 0 aliphatic carbocycles. The van der Waals surface area contributed by atoms with Crippen molar-refractivity contribution in [1.29, 1.82) is 0 Å². The first-order valence-corrected chi connectivity index (χ1v) is 7.38. The Morgan fingerprint density at radius 2 is 2.04 bits per heavy atom. The lowest BCUT2D eigenvalue weighted by molar-refractivity contribution is 0.0407. The molecule has 1 atom stereocenters. The van der Waals surface area contributed by atoms with Gasteiger partial charge in [0.05, 0.1) is 24.0 Å². The summed E-state index contributed by atoms with van der Waals surface area (Å²) < 4.78 is 13.1. The lowest BCUT2D eigenvalue weighted by atomic mass is 10.0. The number of hydrogen-bond acceptors (Lipinski definition) is 4. The highest BCUT2D eigenvalue weighted by molar-refractivity contribution is 5.92. The number of carbonyl (C=O) groups is 1. The molecule has 0 radical (unpaired) electrons. The fourth-order valence-corrected chi connectivity index (χ4v) is 1.66. The second-order valence-electron chi connectivity index (χ2n) is 5.90. The molecule has 6 heteroatoms. The highest BCUT2D eigenvalue weighted by atomic mass is 19.1. The van der Waals surface area contributed by atoms with Crippen LogP contribution >= 0.6 is 0 Å². The lowest BCUT2D eigenvalue weighted by Crippen LogP contribution is -2.47. The van der Waals surface area contributed by atoms with Crippen molar-refractivity contribution in [3.63, 3.8) is 0 Å². The molecule has 1 aromatic carbocycles. The maximum absolute atomic E-state index is 13.1. The smallest absolute Gasteiger partial charge is 0.271 e. The minimum absolute atomic E-state index is 0.127. The molecule has 1 amide bonds. The van der Waals surface area contributed by atoms with Gasteiger partial charge in [0, 0.05) is 5.56 Å². The third-order valence-electron chi connectivity index (χ3n) is 3.45. The molecule has 0 spiro atoms. The van der Waals surface area contributed by atoms with Crippen LogP contribution in [0.5, 0.6) is 0 Å². The van der Waals surface area contributed by atoms with Gasteiger partial charge in [0.2, 0.25) is 0 Å². The molecule has 2 rings (SSSR count). The topological polar surface area (TPSA) is 75.1 Å². The molecular formula is C18H18FN3O2. The van der Waals surface area contributed by atoms with Crippen molar-refractivity contribution in [2.24, 2.45) is 0 Å². The Morgan fingerprint density at radius 1 is 1.29 bits per heavy atom. The van der Waals surface area contributed by atoms with E-state index in [0.29, 0.717) is 11.3 Å². The van der Waals surface area contributed by atoms with Crippen LogP contribution in [0, 0.1) is 17.7 Å². The van der Waals surface area contributed by atoms with Gasteiger partial charge in [-0.25, -0.2) is 14.4 Å². The Hall–Kier alpha value is -2.78. The molecule has 0 bridgehead atoms. The number of carbonyl (C=O) groups excluding carboxylic acids is 1. The molecular weight excluding hydrogens is 309 g/mol. The predicted octanol–water partition coefficient (Wildman–Crippen LogP) is 1.90. The van der Waals surface area contributed by atoms with E-state index in [1.54, 1.807) is 32.9 Å². The molecule has 0 saturated carbocycles. The first-order chi connectivity index (χ1) is 11.3. The number of rotatable bonds is 3. The Kier molecular flexibility index (Phi) is 5.27. The zero-order valence-electron chi connectivity index (χ0n) is 13.7. The summed E-state index contributed by atoms with van der Waals surface area (Å²) in [5.41, 5.74) is -0.0224. The Labute approximate surface area is 140 Å². The summed E-state index contributed by atoms with van der Waals surface area (Å²) in [5, 5.41) is 12.5. The van der Waals surface area contributed by atoms with E-state index in [0.717, 1.165) is 0 Å². The van der Waals surface area contributed by atoms with E-state index in [-0.39, 0.29) is 11.5 Å². The summed E-state index contributed by atoms with van der Waals surface area (Å²) in [6.45, 7) is 4.91. The molecule has 24 heavy (non-hydrogen) atoms. The fraction of sp³-hybridized carbons (Fsp3) is 0.278. The molecule has 1 aromatic heterocycles. The SMILES string of the molecule is C[C@@H](NC(=O)c1cnc(C#Cc2cccc(F)c2)cn1)C(C)(C)O. The van der Waals surface area contributed by atoms with Crippen molar-refractivity contribution in [2.45, 2.75) is 32.4 Å². The van der Waals surface area contributed by atoms with Crippen LogP contribution in [0.1, 0.15) is 42.5 Å². The van der Waals surface area contributed by atoms with E-state index >= 15 is 0 Å². The van der Waals surface area contributed by atoms with Gasteiger partial charge in [-0.05, 0) is 44.9 Å². The Bertz CT molecular complexity index is 786. The largest absolute Gasteiger partial charge is 0.388 e. The number of hydrogen-bond donors (Lipinski definition) is 2. The average Bonchev–Trinajstić information content (AvgIpc) is 2.52.